The summed E-state index contributed by atoms with van der Waals surface area (Å²) < 4.78 is 0. The van der Waals surface area contributed by atoms with Crippen molar-refractivity contribution in [1.29, 1.82) is 0 Å². The average Bonchev–Trinajstić information content (AvgIpc) is 2.12. The number of carboxylic acids is 1. The van der Waals surface area contributed by atoms with E-state index in [1.807, 2.05) is 0 Å². The largest absolute Gasteiger partial charge is 1.00 e. The first-order chi connectivity index (χ1) is 5.91. The fraction of sp³-hybridized carbons (Fsp3) is 0.667. The molecule has 0 fully saturated rings. The predicted octanol–water partition coefficient (Wildman–Crippen LogP) is -7.62. The molecule has 0 bridgehead atoms. The quantitative estimate of drug-likeness (QED) is 0.264. The fourth-order valence-electron chi connectivity index (χ4n) is 0.609. The summed E-state index contributed by atoms with van der Waals surface area (Å²) in [6.45, 7) is 0. The molecule has 4 atom stereocenters. The van der Waals surface area contributed by atoms with Gasteiger partial charge in [0.05, 0.1) is 5.97 Å². The van der Waals surface area contributed by atoms with Gasteiger partial charge in [0, 0.05) is 0 Å². The van der Waals surface area contributed by atoms with E-state index in [9.17, 15) is 14.7 Å². The van der Waals surface area contributed by atoms with Gasteiger partial charge < -0.3 is 35.1 Å². The Morgan fingerprint density at radius 2 is 1.57 bits per heavy atom. The first kappa shape index (κ1) is 16.4. The normalized spacial score (nSPS) is 18.6. The second-order valence-corrected chi connectivity index (χ2v) is 2.37. The third kappa shape index (κ3) is 4.47. The molecule has 8 heteroatoms. The smallest absolute Gasteiger partial charge is 0.547 e. The molecule has 0 amide bonds. The Hall–Kier alpha value is -0.0200. The van der Waals surface area contributed by atoms with Crippen molar-refractivity contribution in [2.45, 2.75) is 24.4 Å². The number of aliphatic carboxylic acids is 1. The van der Waals surface area contributed by atoms with Crippen LogP contribution in [0.3, 0.4) is 0 Å². The maximum atomic E-state index is 9.95. The van der Waals surface area contributed by atoms with Crippen LogP contribution in [0.5, 0.6) is 0 Å². The zero-order valence-corrected chi connectivity index (χ0v) is 9.40. The molecule has 0 aliphatic carbocycles. The van der Waals surface area contributed by atoms with E-state index in [4.69, 9.17) is 20.4 Å². The fourth-order valence-corrected chi connectivity index (χ4v) is 0.609. The molecule has 0 aliphatic heterocycles. The number of carbonyl (C=O) groups excluding carboxylic acids is 2. The van der Waals surface area contributed by atoms with Gasteiger partial charge in [-0.3, -0.25) is 0 Å². The van der Waals surface area contributed by atoms with E-state index in [0.29, 0.717) is 0 Å². The molecule has 0 spiro atoms. The maximum absolute atomic E-state index is 9.95. The van der Waals surface area contributed by atoms with Gasteiger partial charge in [-0.1, -0.05) is 0 Å². The SMILES string of the molecule is O=C[C@H](O)[C@H](O)[C@@H](O)[C@H](O)C(=O)[O-].[Na+]. The summed E-state index contributed by atoms with van der Waals surface area (Å²) in [4.78, 5) is 19.8. The molecule has 0 aromatic rings. The second kappa shape index (κ2) is 7.30. The van der Waals surface area contributed by atoms with Crippen LogP contribution < -0.4 is 34.7 Å². The molecule has 4 N–H and O–H groups in total. The first-order valence-corrected chi connectivity index (χ1v) is 3.30. The summed E-state index contributed by atoms with van der Waals surface area (Å²) in [5, 5.41) is 44.8. The predicted molar refractivity (Wildman–Crippen MR) is 35.1 cm³/mol. The molecule has 0 radical (unpaired) electrons. The Bertz CT molecular complexity index is 197. The van der Waals surface area contributed by atoms with Crippen molar-refractivity contribution in [3.63, 3.8) is 0 Å². The van der Waals surface area contributed by atoms with Crippen LogP contribution in [0.15, 0.2) is 0 Å². The summed E-state index contributed by atoms with van der Waals surface area (Å²) in [5.74, 6) is -2.01. The van der Waals surface area contributed by atoms with E-state index < -0.39 is 30.4 Å². The van der Waals surface area contributed by atoms with Gasteiger partial charge in [-0.05, 0) is 0 Å². The molecule has 0 rings (SSSR count). The molecular formula is C6H9NaO7. The topological polar surface area (TPSA) is 138 Å². The van der Waals surface area contributed by atoms with Crippen LogP contribution in [0.2, 0.25) is 0 Å². The molecule has 14 heavy (non-hydrogen) atoms. The Labute approximate surface area is 101 Å². The monoisotopic (exact) mass is 216 g/mol. The summed E-state index contributed by atoms with van der Waals surface area (Å²) >= 11 is 0. The minimum Gasteiger partial charge on any atom is -0.547 e. The van der Waals surface area contributed by atoms with Crippen LogP contribution in [0, 0.1) is 0 Å². The van der Waals surface area contributed by atoms with Crippen LogP contribution in [0.4, 0.5) is 0 Å². The molecule has 0 saturated carbocycles. The zero-order valence-electron chi connectivity index (χ0n) is 7.40. The number of hydrogen-bond donors (Lipinski definition) is 4. The molecule has 0 unspecified atom stereocenters. The minimum atomic E-state index is -2.36. The molecule has 76 valence electrons. The van der Waals surface area contributed by atoms with Crippen LogP contribution in [-0.4, -0.2) is 57.1 Å². The van der Waals surface area contributed by atoms with Crippen LogP contribution >= 0.6 is 0 Å². The van der Waals surface area contributed by atoms with E-state index in [1.54, 1.807) is 0 Å². The van der Waals surface area contributed by atoms with Crippen molar-refractivity contribution in [2.75, 3.05) is 0 Å². The third-order valence-corrected chi connectivity index (χ3v) is 1.40. The van der Waals surface area contributed by atoms with Crippen molar-refractivity contribution >= 4 is 12.3 Å². The van der Waals surface area contributed by atoms with Gasteiger partial charge in [-0.2, -0.15) is 0 Å². The van der Waals surface area contributed by atoms with Gasteiger partial charge in [-0.15, -0.1) is 0 Å². The second-order valence-electron chi connectivity index (χ2n) is 2.37. The summed E-state index contributed by atoms with van der Waals surface area (Å²) in [5.41, 5.74) is 0. The van der Waals surface area contributed by atoms with E-state index in [1.165, 1.54) is 0 Å². The van der Waals surface area contributed by atoms with Gasteiger partial charge in [0.2, 0.25) is 0 Å². The Morgan fingerprint density at radius 3 is 1.86 bits per heavy atom. The van der Waals surface area contributed by atoms with Gasteiger partial charge >= 0.3 is 29.6 Å². The molecule has 0 aromatic carbocycles. The Kier molecular flexibility index (Phi) is 8.55. The van der Waals surface area contributed by atoms with Crippen molar-refractivity contribution in [1.82, 2.24) is 0 Å². The molecule has 0 aliphatic rings. The Balaban J connectivity index is 0. The first-order valence-electron chi connectivity index (χ1n) is 3.30. The number of carbonyl (C=O) groups is 2. The number of aliphatic hydroxyl groups excluding tert-OH is 4. The van der Waals surface area contributed by atoms with Gasteiger partial charge in [0.25, 0.3) is 0 Å². The molecule has 0 saturated heterocycles. The van der Waals surface area contributed by atoms with Crippen LogP contribution in [0.25, 0.3) is 0 Å². The van der Waals surface area contributed by atoms with Gasteiger partial charge in [0.15, 0.2) is 6.29 Å². The Morgan fingerprint density at radius 1 is 1.14 bits per heavy atom. The maximum Gasteiger partial charge on any atom is 1.00 e. The molecular weight excluding hydrogens is 207 g/mol. The molecule has 0 aromatic heterocycles. The summed E-state index contributed by atoms with van der Waals surface area (Å²) in [7, 11) is 0. The van der Waals surface area contributed by atoms with E-state index >= 15 is 0 Å². The third-order valence-electron chi connectivity index (χ3n) is 1.40. The molecule has 0 heterocycles. The summed E-state index contributed by atoms with van der Waals surface area (Å²) in [6, 6.07) is 0. The van der Waals surface area contributed by atoms with E-state index in [2.05, 4.69) is 0 Å². The van der Waals surface area contributed by atoms with Crippen LogP contribution in [0.1, 0.15) is 0 Å². The van der Waals surface area contributed by atoms with Crippen molar-refractivity contribution in [3.05, 3.63) is 0 Å². The number of rotatable bonds is 5. The van der Waals surface area contributed by atoms with E-state index in [-0.39, 0.29) is 35.8 Å². The van der Waals surface area contributed by atoms with Crippen molar-refractivity contribution in [2.24, 2.45) is 0 Å². The number of carboxylic acid groups (broad SMARTS) is 1. The van der Waals surface area contributed by atoms with Crippen LogP contribution in [-0.2, 0) is 9.59 Å². The molecule has 7 nitrogen and oxygen atoms in total. The zero-order chi connectivity index (χ0) is 10.6. The van der Waals surface area contributed by atoms with Gasteiger partial charge in [-0.25, -0.2) is 0 Å². The number of hydrogen-bond acceptors (Lipinski definition) is 7. The summed E-state index contributed by atoms with van der Waals surface area (Å²) in [6.07, 6.45) is -8.65. The van der Waals surface area contributed by atoms with E-state index in [0.717, 1.165) is 0 Å². The van der Waals surface area contributed by atoms with Gasteiger partial charge in [0.1, 0.15) is 24.4 Å². The number of aldehydes is 1. The standard InChI is InChI=1S/C6H10O7.Na/c7-1-2(8)3(9)4(10)5(11)6(12)13;/h1-5,8-11H,(H,12,13);/q;+1/p-1/t2-,3-,4+,5-;/m0./s1. The number of aliphatic hydroxyl groups is 4. The van der Waals surface area contributed by atoms with Crippen molar-refractivity contribution < 1.29 is 64.7 Å². The average molecular weight is 216 g/mol. The van der Waals surface area contributed by atoms with Crippen molar-refractivity contribution in [3.8, 4) is 0 Å². The minimum absolute atomic E-state index is 0.